The number of imidazole rings is 1. The molecule has 2 aromatic rings. The van der Waals surface area contributed by atoms with Gasteiger partial charge in [0.1, 0.15) is 17.3 Å². The number of nitrogens with zero attached hydrogens (tertiary/aromatic N) is 4. The van der Waals surface area contributed by atoms with Gasteiger partial charge in [0.2, 0.25) is 0 Å². The van der Waals surface area contributed by atoms with E-state index in [1.807, 2.05) is 31.8 Å². The van der Waals surface area contributed by atoms with Gasteiger partial charge >= 0.3 is 0 Å². The lowest BCUT2D eigenvalue weighted by Gasteiger charge is -2.20. The summed E-state index contributed by atoms with van der Waals surface area (Å²) in [6.45, 7) is 8.35. The Morgan fingerprint density at radius 2 is 1.89 bits per heavy atom. The van der Waals surface area contributed by atoms with Crippen LogP contribution in [-0.4, -0.2) is 26.6 Å². The smallest absolute Gasteiger partial charge is 0.158 e. The fourth-order valence-electron chi connectivity index (χ4n) is 1.91. The van der Waals surface area contributed by atoms with Crippen LogP contribution in [0.15, 0.2) is 12.4 Å². The predicted octanol–water partition coefficient (Wildman–Crippen LogP) is 2.52. The molecule has 2 aromatic heterocycles. The third-order valence-corrected chi connectivity index (χ3v) is 3.09. The maximum atomic E-state index is 4.72. The number of hydrogen-bond donors (Lipinski definition) is 1. The van der Waals surface area contributed by atoms with Gasteiger partial charge < -0.3 is 9.88 Å². The summed E-state index contributed by atoms with van der Waals surface area (Å²) >= 11 is 0. The Labute approximate surface area is 114 Å². The Morgan fingerprint density at radius 1 is 1.21 bits per heavy atom. The summed E-state index contributed by atoms with van der Waals surface area (Å²) in [5.41, 5.74) is 1.81. The molecule has 0 amide bonds. The van der Waals surface area contributed by atoms with E-state index in [-0.39, 0.29) is 5.41 Å². The molecular weight excluding hydrogens is 238 g/mol. The van der Waals surface area contributed by atoms with Crippen LogP contribution < -0.4 is 5.32 Å². The molecule has 5 heteroatoms. The lowest BCUT2D eigenvalue weighted by atomic mass is 9.95. The quantitative estimate of drug-likeness (QED) is 0.900. The molecule has 0 saturated carbocycles. The maximum Gasteiger partial charge on any atom is 0.158 e. The van der Waals surface area contributed by atoms with Gasteiger partial charge in [-0.05, 0) is 6.92 Å². The summed E-state index contributed by atoms with van der Waals surface area (Å²) in [5.74, 6) is 2.54. The minimum absolute atomic E-state index is 0.0980. The summed E-state index contributed by atoms with van der Waals surface area (Å²) in [6.07, 6.45) is 3.71. The van der Waals surface area contributed by atoms with Crippen molar-refractivity contribution in [3.8, 4) is 11.5 Å². The number of rotatable bonds is 2. The van der Waals surface area contributed by atoms with Crippen LogP contribution in [0.5, 0.6) is 0 Å². The SMILES string of the molecule is CNc1nc(C(C)(C)C)nc(-c2nccn2C)c1C. The number of anilines is 1. The molecular formula is C14H21N5. The lowest BCUT2D eigenvalue weighted by Crippen LogP contribution is -2.18. The Kier molecular flexibility index (Phi) is 3.30. The Bertz CT molecular complexity index is 592. The third kappa shape index (κ3) is 2.45. The predicted molar refractivity (Wildman–Crippen MR) is 77.2 cm³/mol. The highest BCUT2D eigenvalue weighted by Gasteiger charge is 2.22. The molecule has 2 rings (SSSR count). The minimum Gasteiger partial charge on any atom is -0.373 e. The average molecular weight is 259 g/mol. The van der Waals surface area contributed by atoms with E-state index in [0.717, 1.165) is 28.7 Å². The fourth-order valence-corrected chi connectivity index (χ4v) is 1.91. The van der Waals surface area contributed by atoms with E-state index in [2.05, 4.69) is 36.1 Å². The highest BCUT2D eigenvalue weighted by molar-refractivity contribution is 5.63. The maximum absolute atomic E-state index is 4.72. The van der Waals surface area contributed by atoms with Crippen molar-refractivity contribution in [1.29, 1.82) is 0 Å². The topological polar surface area (TPSA) is 55.6 Å². The van der Waals surface area contributed by atoms with E-state index >= 15 is 0 Å². The van der Waals surface area contributed by atoms with Crippen LogP contribution in [-0.2, 0) is 12.5 Å². The molecule has 0 spiro atoms. The minimum atomic E-state index is -0.0980. The molecule has 5 nitrogen and oxygen atoms in total. The molecule has 0 unspecified atom stereocenters. The first kappa shape index (κ1) is 13.5. The van der Waals surface area contributed by atoms with Crippen LogP contribution in [0.1, 0.15) is 32.2 Å². The van der Waals surface area contributed by atoms with Gasteiger partial charge in [0.05, 0.1) is 0 Å². The standard InChI is InChI=1S/C14H21N5/c1-9-10(12-16-7-8-19(12)6)17-13(14(2,3)4)18-11(9)15-5/h7-8H,1-6H3,(H,15,17,18). The van der Waals surface area contributed by atoms with E-state index in [1.165, 1.54) is 0 Å². The molecule has 102 valence electrons. The second-order valence-electron chi connectivity index (χ2n) is 5.73. The molecule has 0 fully saturated rings. The summed E-state index contributed by atoms with van der Waals surface area (Å²) < 4.78 is 1.97. The van der Waals surface area contributed by atoms with Gasteiger partial charge in [0.25, 0.3) is 0 Å². The molecule has 0 aliphatic heterocycles. The largest absolute Gasteiger partial charge is 0.373 e. The van der Waals surface area contributed by atoms with Crippen molar-refractivity contribution >= 4 is 5.82 Å². The number of hydrogen-bond acceptors (Lipinski definition) is 4. The second kappa shape index (κ2) is 4.64. The van der Waals surface area contributed by atoms with E-state index in [0.29, 0.717) is 0 Å². The summed E-state index contributed by atoms with van der Waals surface area (Å²) in [6, 6.07) is 0. The Balaban J connectivity index is 2.70. The molecule has 0 radical (unpaired) electrons. The normalized spacial score (nSPS) is 11.7. The van der Waals surface area contributed by atoms with Crippen molar-refractivity contribution in [3.05, 3.63) is 23.8 Å². The molecule has 0 atom stereocenters. The van der Waals surface area contributed by atoms with Crippen LogP contribution in [0.3, 0.4) is 0 Å². The summed E-state index contributed by atoms with van der Waals surface area (Å²) in [5, 5.41) is 3.14. The molecule has 0 aliphatic carbocycles. The molecule has 0 aromatic carbocycles. The fraction of sp³-hybridized carbons (Fsp3) is 0.500. The highest BCUT2D eigenvalue weighted by atomic mass is 15.1. The monoisotopic (exact) mass is 259 g/mol. The summed E-state index contributed by atoms with van der Waals surface area (Å²) in [7, 11) is 3.85. The first-order valence-corrected chi connectivity index (χ1v) is 6.39. The van der Waals surface area contributed by atoms with Gasteiger partial charge in [0.15, 0.2) is 5.82 Å². The van der Waals surface area contributed by atoms with Crippen LogP contribution in [0.25, 0.3) is 11.5 Å². The van der Waals surface area contributed by atoms with Gasteiger partial charge in [-0.3, -0.25) is 0 Å². The van der Waals surface area contributed by atoms with E-state index in [1.54, 1.807) is 6.20 Å². The van der Waals surface area contributed by atoms with Crippen LogP contribution in [0, 0.1) is 6.92 Å². The van der Waals surface area contributed by atoms with Gasteiger partial charge in [0, 0.05) is 37.5 Å². The highest BCUT2D eigenvalue weighted by Crippen LogP contribution is 2.28. The molecule has 2 heterocycles. The Hall–Kier alpha value is -1.91. The van der Waals surface area contributed by atoms with Crippen LogP contribution in [0.2, 0.25) is 0 Å². The second-order valence-corrected chi connectivity index (χ2v) is 5.73. The first-order chi connectivity index (χ1) is 8.84. The van der Waals surface area contributed by atoms with Crippen molar-refractivity contribution in [1.82, 2.24) is 19.5 Å². The zero-order chi connectivity index (χ0) is 14.2. The number of aryl methyl sites for hydroxylation is 1. The molecule has 0 saturated heterocycles. The molecule has 1 N–H and O–H groups in total. The van der Waals surface area contributed by atoms with E-state index in [9.17, 15) is 0 Å². The Morgan fingerprint density at radius 3 is 2.37 bits per heavy atom. The molecule has 19 heavy (non-hydrogen) atoms. The molecule has 0 aliphatic rings. The van der Waals surface area contributed by atoms with Gasteiger partial charge in [-0.2, -0.15) is 0 Å². The average Bonchev–Trinajstić information content (AvgIpc) is 2.74. The van der Waals surface area contributed by atoms with Gasteiger partial charge in [-0.25, -0.2) is 15.0 Å². The van der Waals surface area contributed by atoms with Crippen molar-refractivity contribution in [2.24, 2.45) is 7.05 Å². The zero-order valence-electron chi connectivity index (χ0n) is 12.4. The number of aromatic nitrogens is 4. The van der Waals surface area contributed by atoms with Crippen molar-refractivity contribution in [3.63, 3.8) is 0 Å². The van der Waals surface area contributed by atoms with Gasteiger partial charge in [-0.1, -0.05) is 20.8 Å². The van der Waals surface area contributed by atoms with Crippen molar-refractivity contribution in [2.45, 2.75) is 33.1 Å². The van der Waals surface area contributed by atoms with E-state index in [4.69, 9.17) is 4.98 Å². The van der Waals surface area contributed by atoms with E-state index < -0.39 is 0 Å². The van der Waals surface area contributed by atoms with Crippen molar-refractivity contribution < 1.29 is 0 Å². The van der Waals surface area contributed by atoms with Crippen molar-refractivity contribution in [2.75, 3.05) is 12.4 Å². The lowest BCUT2D eigenvalue weighted by molar-refractivity contribution is 0.546. The van der Waals surface area contributed by atoms with Gasteiger partial charge in [-0.15, -0.1) is 0 Å². The van der Waals surface area contributed by atoms with Crippen LogP contribution in [0.4, 0.5) is 5.82 Å². The van der Waals surface area contributed by atoms with Crippen LogP contribution >= 0.6 is 0 Å². The number of nitrogens with one attached hydrogen (secondary N) is 1. The summed E-state index contributed by atoms with van der Waals surface area (Å²) in [4.78, 5) is 13.7. The zero-order valence-corrected chi connectivity index (χ0v) is 12.4. The first-order valence-electron chi connectivity index (χ1n) is 6.39. The third-order valence-electron chi connectivity index (χ3n) is 3.09. The molecule has 0 bridgehead atoms.